The fourth-order valence-corrected chi connectivity index (χ4v) is 2.80. The predicted octanol–water partition coefficient (Wildman–Crippen LogP) is 3.13. The van der Waals surface area contributed by atoms with Crippen LogP contribution in [0.4, 0.5) is 0 Å². The molecule has 25 heavy (non-hydrogen) atoms. The zero-order valence-corrected chi connectivity index (χ0v) is 17.6. The number of aliphatic imine (C=N–C) groups is 1. The molecule has 138 valence electrons. The second-order valence-corrected chi connectivity index (χ2v) is 6.05. The Labute approximate surface area is 168 Å². The molecule has 0 bridgehead atoms. The minimum absolute atomic E-state index is 0. The van der Waals surface area contributed by atoms with E-state index in [9.17, 15) is 0 Å². The molecule has 1 fully saturated rings. The maximum Gasteiger partial charge on any atom is 0.193 e. The van der Waals surface area contributed by atoms with E-state index < -0.39 is 0 Å². The number of hydrogen-bond acceptors (Lipinski definition) is 3. The molecule has 0 aromatic heterocycles. The van der Waals surface area contributed by atoms with Gasteiger partial charge in [0.1, 0.15) is 6.61 Å². The first-order valence-corrected chi connectivity index (χ1v) is 8.36. The molecule has 0 aliphatic carbocycles. The Balaban J connectivity index is 0.00000312. The van der Waals surface area contributed by atoms with Gasteiger partial charge in [0.2, 0.25) is 0 Å². The van der Waals surface area contributed by atoms with Crippen molar-refractivity contribution in [3.05, 3.63) is 23.8 Å². The van der Waals surface area contributed by atoms with Gasteiger partial charge in [0.05, 0.1) is 7.11 Å². The molecule has 0 unspecified atom stereocenters. The molecule has 2 rings (SSSR count). The first kappa shape index (κ1) is 21.4. The Bertz CT molecular complexity index is 605. The first-order valence-electron chi connectivity index (χ1n) is 8.36. The smallest absolute Gasteiger partial charge is 0.193 e. The SMILES string of the molecule is C#CCOc1cc(CNC(=NC)N2CCC(C)CC2)ccc1OC.I. The number of methoxy groups -OCH3 is 1. The first-order chi connectivity index (χ1) is 11.7. The highest BCUT2D eigenvalue weighted by molar-refractivity contribution is 14.0. The minimum Gasteiger partial charge on any atom is -0.493 e. The lowest BCUT2D eigenvalue weighted by Gasteiger charge is -2.33. The van der Waals surface area contributed by atoms with E-state index in [-0.39, 0.29) is 30.6 Å². The second-order valence-electron chi connectivity index (χ2n) is 6.05. The fourth-order valence-electron chi connectivity index (χ4n) is 2.80. The van der Waals surface area contributed by atoms with Crippen LogP contribution in [-0.2, 0) is 6.54 Å². The molecule has 0 spiro atoms. The summed E-state index contributed by atoms with van der Waals surface area (Å²) >= 11 is 0. The molecule has 0 atom stereocenters. The summed E-state index contributed by atoms with van der Waals surface area (Å²) in [6, 6.07) is 5.86. The van der Waals surface area contributed by atoms with Gasteiger partial charge in [-0.15, -0.1) is 30.4 Å². The van der Waals surface area contributed by atoms with E-state index in [1.807, 2.05) is 25.2 Å². The van der Waals surface area contributed by atoms with Gasteiger partial charge >= 0.3 is 0 Å². The lowest BCUT2D eigenvalue weighted by Crippen LogP contribution is -2.45. The molecule has 6 heteroatoms. The molecular formula is C19H28IN3O2. The van der Waals surface area contributed by atoms with Gasteiger partial charge in [0, 0.05) is 26.7 Å². The van der Waals surface area contributed by atoms with Crippen LogP contribution in [0, 0.1) is 18.3 Å². The maximum absolute atomic E-state index is 5.55. The van der Waals surface area contributed by atoms with Crippen LogP contribution in [0.2, 0.25) is 0 Å². The van der Waals surface area contributed by atoms with E-state index in [1.54, 1.807) is 7.11 Å². The number of hydrogen-bond donors (Lipinski definition) is 1. The van der Waals surface area contributed by atoms with Crippen LogP contribution in [0.25, 0.3) is 0 Å². The van der Waals surface area contributed by atoms with Crippen LogP contribution in [0.15, 0.2) is 23.2 Å². The highest BCUT2D eigenvalue weighted by Crippen LogP contribution is 2.28. The summed E-state index contributed by atoms with van der Waals surface area (Å²) in [5.74, 6) is 5.57. The molecule has 1 aromatic carbocycles. The quantitative estimate of drug-likeness (QED) is 0.320. The summed E-state index contributed by atoms with van der Waals surface area (Å²) in [5.41, 5.74) is 1.09. The normalized spacial score (nSPS) is 15.1. The molecule has 0 saturated carbocycles. The lowest BCUT2D eigenvalue weighted by atomic mass is 9.99. The average molecular weight is 457 g/mol. The van der Waals surface area contributed by atoms with Gasteiger partial charge < -0.3 is 19.7 Å². The van der Waals surface area contributed by atoms with E-state index >= 15 is 0 Å². The third-order valence-corrected chi connectivity index (χ3v) is 4.28. The molecule has 1 aliphatic rings. The zero-order valence-electron chi connectivity index (χ0n) is 15.2. The zero-order chi connectivity index (χ0) is 17.4. The van der Waals surface area contributed by atoms with Gasteiger partial charge in [0.25, 0.3) is 0 Å². The van der Waals surface area contributed by atoms with Gasteiger partial charge in [-0.1, -0.05) is 18.9 Å². The third kappa shape index (κ3) is 6.31. The Morgan fingerprint density at radius 3 is 2.68 bits per heavy atom. The van der Waals surface area contributed by atoms with Crippen molar-refractivity contribution in [1.82, 2.24) is 10.2 Å². The summed E-state index contributed by atoms with van der Waals surface area (Å²) < 4.78 is 10.9. The number of piperidine rings is 1. The highest BCUT2D eigenvalue weighted by atomic mass is 127. The number of rotatable bonds is 5. The lowest BCUT2D eigenvalue weighted by molar-refractivity contribution is 0.273. The Morgan fingerprint density at radius 1 is 1.36 bits per heavy atom. The van der Waals surface area contributed by atoms with Gasteiger partial charge in [-0.3, -0.25) is 4.99 Å². The number of guanidine groups is 1. The van der Waals surface area contributed by atoms with Crippen molar-refractivity contribution in [2.45, 2.75) is 26.3 Å². The van der Waals surface area contributed by atoms with Crippen LogP contribution in [-0.4, -0.2) is 44.7 Å². The van der Waals surface area contributed by atoms with E-state index in [0.717, 1.165) is 30.5 Å². The van der Waals surface area contributed by atoms with Gasteiger partial charge in [-0.25, -0.2) is 0 Å². The predicted molar refractivity (Wildman–Crippen MR) is 113 cm³/mol. The minimum atomic E-state index is 0. The number of likely N-dealkylation sites (tertiary alicyclic amines) is 1. The van der Waals surface area contributed by atoms with Crippen molar-refractivity contribution < 1.29 is 9.47 Å². The fraction of sp³-hybridized carbons (Fsp3) is 0.526. The third-order valence-electron chi connectivity index (χ3n) is 4.28. The summed E-state index contributed by atoms with van der Waals surface area (Å²) in [7, 11) is 3.45. The van der Waals surface area contributed by atoms with Crippen molar-refractivity contribution in [3.8, 4) is 23.8 Å². The molecular weight excluding hydrogens is 429 g/mol. The van der Waals surface area contributed by atoms with Crippen molar-refractivity contribution in [2.24, 2.45) is 10.9 Å². The van der Waals surface area contributed by atoms with Crippen LogP contribution < -0.4 is 14.8 Å². The van der Waals surface area contributed by atoms with E-state index in [0.29, 0.717) is 18.0 Å². The van der Waals surface area contributed by atoms with Gasteiger partial charge in [-0.05, 0) is 36.5 Å². The summed E-state index contributed by atoms with van der Waals surface area (Å²) in [4.78, 5) is 6.73. The standard InChI is InChI=1S/C19H27N3O2.HI/c1-5-12-24-18-13-16(6-7-17(18)23-4)14-21-19(20-3)22-10-8-15(2)9-11-22;/h1,6-7,13,15H,8-12,14H2,2-4H3,(H,20,21);1H. The number of ether oxygens (including phenoxy) is 2. The Morgan fingerprint density at radius 2 is 2.08 bits per heavy atom. The highest BCUT2D eigenvalue weighted by Gasteiger charge is 2.18. The Kier molecular flexibility index (Phi) is 9.50. The maximum atomic E-state index is 5.55. The number of benzene rings is 1. The van der Waals surface area contributed by atoms with Gasteiger partial charge in [-0.2, -0.15) is 0 Å². The summed E-state index contributed by atoms with van der Waals surface area (Å²) in [6.07, 6.45) is 7.70. The molecule has 1 heterocycles. The topological polar surface area (TPSA) is 46.1 Å². The van der Waals surface area contributed by atoms with Crippen molar-refractivity contribution in [1.29, 1.82) is 0 Å². The van der Waals surface area contributed by atoms with Crippen LogP contribution in [0.1, 0.15) is 25.3 Å². The van der Waals surface area contributed by atoms with Gasteiger partial charge in [0.15, 0.2) is 17.5 Å². The molecule has 0 amide bonds. The number of halogens is 1. The summed E-state index contributed by atoms with van der Waals surface area (Å²) in [5, 5.41) is 3.43. The average Bonchev–Trinajstić information content (AvgIpc) is 2.62. The van der Waals surface area contributed by atoms with E-state index in [2.05, 4.69) is 28.1 Å². The van der Waals surface area contributed by atoms with Crippen LogP contribution >= 0.6 is 24.0 Å². The molecule has 1 N–H and O–H groups in total. The number of nitrogens with zero attached hydrogens (tertiary/aromatic N) is 2. The number of nitrogens with one attached hydrogen (secondary N) is 1. The molecule has 1 aliphatic heterocycles. The largest absolute Gasteiger partial charge is 0.493 e. The van der Waals surface area contributed by atoms with E-state index in [4.69, 9.17) is 15.9 Å². The second kappa shape index (κ2) is 11.1. The van der Waals surface area contributed by atoms with Crippen molar-refractivity contribution in [3.63, 3.8) is 0 Å². The molecule has 5 nitrogen and oxygen atoms in total. The van der Waals surface area contributed by atoms with Crippen molar-refractivity contribution >= 4 is 29.9 Å². The molecule has 1 saturated heterocycles. The monoisotopic (exact) mass is 457 g/mol. The Hall–Kier alpha value is -1.62. The van der Waals surface area contributed by atoms with Crippen LogP contribution in [0.5, 0.6) is 11.5 Å². The summed E-state index contributed by atoms with van der Waals surface area (Å²) in [6.45, 7) is 5.32. The number of terminal acetylenes is 1. The van der Waals surface area contributed by atoms with Crippen molar-refractivity contribution in [2.75, 3.05) is 33.9 Å². The molecule has 1 aromatic rings. The van der Waals surface area contributed by atoms with E-state index in [1.165, 1.54) is 12.8 Å². The van der Waals surface area contributed by atoms with Crippen LogP contribution in [0.3, 0.4) is 0 Å². The molecule has 0 radical (unpaired) electrons.